The quantitative estimate of drug-likeness (QED) is 0.176. The van der Waals surface area contributed by atoms with E-state index in [1.165, 1.54) is 44.5 Å². The lowest BCUT2D eigenvalue weighted by Gasteiger charge is -2.30. The lowest BCUT2D eigenvalue weighted by atomic mass is 9.75. The summed E-state index contributed by atoms with van der Waals surface area (Å²) in [5.74, 6) is 1.63. The Bertz CT molecular complexity index is 2040. The van der Waals surface area contributed by atoms with Crippen LogP contribution in [-0.4, -0.2) is 15.3 Å². The second-order valence-electron chi connectivity index (χ2n) is 22.5. The second-order valence-corrected chi connectivity index (χ2v) is 22.5. The number of rotatable bonds is 7. The molecule has 3 heteroatoms. The fourth-order valence-electron chi connectivity index (χ4n) is 8.59. The molecule has 3 nitrogen and oxygen atoms in total. The van der Waals surface area contributed by atoms with Crippen LogP contribution in [0.25, 0.3) is 11.1 Å². The highest BCUT2D eigenvalue weighted by Gasteiger charge is 2.31. The molecular formula is C53H76O3. The van der Waals surface area contributed by atoms with Crippen LogP contribution in [0.2, 0.25) is 0 Å². The summed E-state index contributed by atoms with van der Waals surface area (Å²) in [6.45, 7) is 44.0. The lowest BCUT2D eigenvalue weighted by molar-refractivity contribution is 0.422. The van der Waals surface area contributed by atoms with Gasteiger partial charge in [-0.2, -0.15) is 0 Å². The van der Waals surface area contributed by atoms with Gasteiger partial charge in [-0.3, -0.25) is 0 Å². The van der Waals surface area contributed by atoms with Crippen LogP contribution in [0.4, 0.5) is 0 Å². The predicted octanol–water partition coefficient (Wildman–Crippen LogP) is 14.3. The van der Waals surface area contributed by atoms with E-state index >= 15 is 0 Å². The van der Waals surface area contributed by atoms with Crippen molar-refractivity contribution in [3.8, 4) is 28.4 Å². The molecule has 0 fully saturated rings. The number of aromatic hydroxyl groups is 3. The van der Waals surface area contributed by atoms with E-state index in [1.807, 2.05) is 0 Å². The molecule has 306 valence electrons. The fraction of sp³-hybridized carbons (Fsp3) is 0.547. The smallest absolute Gasteiger partial charge is 0.123 e. The lowest BCUT2D eigenvalue weighted by Crippen LogP contribution is -2.18. The number of benzene rings is 4. The molecule has 56 heavy (non-hydrogen) atoms. The largest absolute Gasteiger partial charge is 0.507 e. The molecule has 0 aromatic heterocycles. The zero-order valence-electron chi connectivity index (χ0n) is 39.0. The maximum Gasteiger partial charge on any atom is 0.123 e. The Kier molecular flexibility index (Phi) is 12.2. The summed E-state index contributed by atoms with van der Waals surface area (Å²) in [6, 6.07) is 13.4. The van der Waals surface area contributed by atoms with Gasteiger partial charge in [-0.05, 0) is 157 Å². The van der Waals surface area contributed by atoms with Gasteiger partial charge < -0.3 is 15.3 Å². The zero-order valence-corrected chi connectivity index (χ0v) is 39.0. The molecule has 3 N–H and O–H groups in total. The minimum absolute atomic E-state index is 0.216. The molecule has 4 aromatic carbocycles. The number of hydrogen-bond acceptors (Lipinski definition) is 3. The molecule has 0 saturated heterocycles. The minimum Gasteiger partial charge on any atom is -0.507 e. The maximum atomic E-state index is 11.8. The van der Waals surface area contributed by atoms with E-state index in [0.29, 0.717) is 23.2 Å². The minimum atomic E-state index is -0.265. The standard InChI is InChI=1S/C53H76O3/c1-30(2)21-37-22-34(25-40(46(37)54)49(6,7)8)23-38-31(3)39(24-35-26-41(50(9,10)11)47(55)42(27-35)51(12,13)14)33(5)45(32(38)4)36-28-43(52(15,16)17)48(56)44(29-36)53(18,19)20/h22,25-30,54-56H,21,23-24H2,1-20H3. The molecule has 0 atom stereocenters. The third-order valence-electron chi connectivity index (χ3n) is 11.8. The summed E-state index contributed by atoms with van der Waals surface area (Å²) in [7, 11) is 0. The second kappa shape index (κ2) is 15.2. The van der Waals surface area contributed by atoms with Crippen LogP contribution in [0, 0.1) is 26.7 Å². The molecule has 0 bridgehead atoms. The van der Waals surface area contributed by atoms with Gasteiger partial charge in [0, 0.05) is 11.1 Å². The van der Waals surface area contributed by atoms with Crippen molar-refractivity contribution in [1.29, 1.82) is 0 Å². The van der Waals surface area contributed by atoms with Crippen molar-refractivity contribution in [3.05, 3.63) is 109 Å². The molecule has 0 heterocycles. The van der Waals surface area contributed by atoms with E-state index in [2.05, 4.69) is 175 Å². The monoisotopic (exact) mass is 761 g/mol. The molecular weight excluding hydrogens is 685 g/mol. The normalized spacial score (nSPS) is 13.2. The first-order valence-corrected chi connectivity index (χ1v) is 21.0. The highest BCUT2D eigenvalue weighted by molar-refractivity contribution is 5.78. The van der Waals surface area contributed by atoms with E-state index in [1.54, 1.807) is 0 Å². The molecule has 0 saturated carbocycles. The molecule has 0 amide bonds. The average Bonchev–Trinajstić information content (AvgIpc) is 3.01. The van der Waals surface area contributed by atoms with E-state index in [9.17, 15) is 15.3 Å². The number of phenols is 3. The van der Waals surface area contributed by atoms with Gasteiger partial charge >= 0.3 is 0 Å². The van der Waals surface area contributed by atoms with Crippen molar-refractivity contribution >= 4 is 0 Å². The van der Waals surface area contributed by atoms with Crippen LogP contribution in [-0.2, 0) is 46.3 Å². The van der Waals surface area contributed by atoms with Gasteiger partial charge in [-0.15, -0.1) is 0 Å². The molecule has 0 aliphatic rings. The van der Waals surface area contributed by atoms with Gasteiger partial charge in [-0.1, -0.05) is 142 Å². The molecule has 4 rings (SSSR count). The molecule has 4 aromatic rings. The first-order valence-electron chi connectivity index (χ1n) is 21.0. The Labute approximate surface area is 342 Å². The van der Waals surface area contributed by atoms with Gasteiger partial charge in [0.15, 0.2) is 0 Å². The van der Waals surface area contributed by atoms with Gasteiger partial charge in [0.2, 0.25) is 0 Å². The van der Waals surface area contributed by atoms with Crippen molar-refractivity contribution in [2.75, 3.05) is 0 Å². The third kappa shape index (κ3) is 9.35. The molecule has 0 spiro atoms. The van der Waals surface area contributed by atoms with Crippen LogP contribution in [0.1, 0.15) is 190 Å². The van der Waals surface area contributed by atoms with Crippen LogP contribution < -0.4 is 0 Å². The van der Waals surface area contributed by atoms with Crippen LogP contribution in [0.15, 0.2) is 36.4 Å². The van der Waals surface area contributed by atoms with Gasteiger partial charge in [0.1, 0.15) is 17.2 Å². The molecule has 0 aliphatic heterocycles. The Morgan fingerprint density at radius 3 is 1.05 bits per heavy atom. The number of hydrogen-bond donors (Lipinski definition) is 3. The van der Waals surface area contributed by atoms with Crippen LogP contribution >= 0.6 is 0 Å². The zero-order chi connectivity index (χ0) is 42.8. The van der Waals surface area contributed by atoms with Crippen molar-refractivity contribution in [2.45, 2.75) is 185 Å². The van der Waals surface area contributed by atoms with E-state index in [-0.39, 0.29) is 27.1 Å². The summed E-state index contributed by atoms with van der Waals surface area (Å²) < 4.78 is 0. The van der Waals surface area contributed by atoms with Gasteiger partial charge in [0.25, 0.3) is 0 Å². The van der Waals surface area contributed by atoms with Crippen LogP contribution in [0.3, 0.4) is 0 Å². The molecule has 0 unspecified atom stereocenters. The maximum absolute atomic E-state index is 11.8. The third-order valence-corrected chi connectivity index (χ3v) is 11.8. The summed E-state index contributed by atoms with van der Waals surface area (Å²) in [4.78, 5) is 0. The Morgan fingerprint density at radius 1 is 0.429 bits per heavy atom. The first kappa shape index (κ1) is 45.0. The summed E-state index contributed by atoms with van der Waals surface area (Å²) in [5.41, 5.74) is 15.8. The van der Waals surface area contributed by atoms with Crippen molar-refractivity contribution in [3.63, 3.8) is 0 Å². The first-order chi connectivity index (χ1) is 25.2. The van der Waals surface area contributed by atoms with Crippen molar-refractivity contribution in [2.24, 2.45) is 5.92 Å². The SMILES string of the molecule is Cc1c(Cc2cc(CC(C)C)c(O)c(C(C)(C)C)c2)c(C)c(-c2cc(C(C)(C)C)c(O)c(C(C)(C)C)c2)c(C)c1Cc1cc(C(C)(C)C)c(O)c(C(C)(C)C)c1. The van der Waals surface area contributed by atoms with E-state index < -0.39 is 0 Å². The summed E-state index contributed by atoms with van der Waals surface area (Å²) in [6.07, 6.45) is 2.28. The van der Waals surface area contributed by atoms with E-state index in [0.717, 1.165) is 58.2 Å². The van der Waals surface area contributed by atoms with Crippen molar-refractivity contribution < 1.29 is 15.3 Å². The van der Waals surface area contributed by atoms with Crippen molar-refractivity contribution in [1.82, 2.24) is 0 Å². The highest BCUT2D eigenvalue weighted by Crippen LogP contribution is 2.46. The summed E-state index contributed by atoms with van der Waals surface area (Å²) in [5, 5.41) is 35.0. The van der Waals surface area contributed by atoms with E-state index in [4.69, 9.17) is 0 Å². The topological polar surface area (TPSA) is 60.7 Å². The van der Waals surface area contributed by atoms with Gasteiger partial charge in [-0.25, -0.2) is 0 Å². The summed E-state index contributed by atoms with van der Waals surface area (Å²) >= 11 is 0. The predicted molar refractivity (Wildman–Crippen MR) is 242 cm³/mol. The Morgan fingerprint density at radius 2 is 0.732 bits per heavy atom. The molecule has 0 radical (unpaired) electrons. The highest BCUT2D eigenvalue weighted by atomic mass is 16.3. The van der Waals surface area contributed by atoms with Crippen LogP contribution in [0.5, 0.6) is 17.2 Å². The Hall–Kier alpha value is -3.72. The molecule has 0 aliphatic carbocycles. The Balaban J connectivity index is 2.17. The average molecular weight is 761 g/mol. The fourth-order valence-corrected chi connectivity index (χ4v) is 8.59. The van der Waals surface area contributed by atoms with Gasteiger partial charge in [0.05, 0.1) is 0 Å². The number of phenolic OH excluding ortho intramolecular Hbond substituents is 3.